The average Bonchev–Trinajstić information content (AvgIpc) is 2.73. The molecular weight excluding hydrogens is 200 g/mol. The fourth-order valence-corrected chi connectivity index (χ4v) is 1.87. The topological polar surface area (TPSA) is 77.8 Å². The van der Waals surface area contributed by atoms with Crippen LogP contribution in [-0.2, 0) is 0 Å². The molecule has 0 aliphatic carbocycles. The Kier molecular flexibility index (Phi) is 2.30. The van der Waals surface area contributed by atoms with Crippen molar-refractivity contribution in [1.29, 1.82) is 0 Å². The molecule has 0 aromatic carbocycles. The van der Waals surface area contributed by atoms with Crippen molar-refractivity contribution in [3.05, 3.63) is 27.8 Å². The molecule has 2 heterocycles. The van der Waals surface area contributed by atoms with Crippen LogP contribution in [0.15, 0.2) is 10.7 Å². The number of nitrogens with zero attached hydrogens (tertiary/aromatic N) is 3. The summed E-state index contributed by atoms with van der Waals surface area (Å²) in [6.45, 7) is 3.67. The van der Waals surface area contributed by atoms with Crippen molar-refractivity contribution < 1.29 is 4.52 Å². The zero-order valence-electron chi connectivity index (χ0n) is 7.89. The van der Waals surface area contributed by atoms with Gasteiger partial charge in [0.15, 0.2) is 5.82 Å². The van der Waals surface area contributed by atoms with Gasteiger partial charge >= 0.3 is 0 Å². The van der Waals surface area contributed by atoms with Gasteiger partial charge in [-0.1, -0.05) is 5.16 Å². The van der Waals surface area contributed by atoms with Gasteiger partial charge in [-0.05, 0) is 6.92 Å². The van der Waals surface area contributed by atoms with Crippen LogP contribution < -0.4 is 5.73 Å². The summed E-state index contributed by atoms with van der Waals surface area (Å²) in [5, 5.41) is 4.75. The number of rotatable bonds is 2. The number of hydrogen-bond donors (Lipinski definition) is 1. The van der Waals surface area contributed by atoms with Crippen LogP contribution in [0.3, 0.4) is 0 Å². The van der Waals surface area contributed by atoms with E-state index >= 15 is 0 Å². The molecule has 1 unspecified atom stereocenters. The molecule has 14 heavy (non-hydrogen) atoms. The summed E-state index contributed by atoms with van der Waals surface area (Å²) in [6, 6.07) is -0.335. The Hall–Kier alpha value is -1.27. The zero-order valence-corrected chi connectivity index (χ0v) is 8.71. The van der Waals surface area contributed by atoms with Crippen molar-refractivity contribution in [3.63, 3.8) is 0 Å². The maximum Gasteiger partial charge on any atom is 0.223 e. The second-order valence-corrected chi connectivity index (χ2v) is 4.20. The van der Waals surface area contributed by atoms with Crippen molar-refractivity contribution >= 4 is 11.3 Å². The standard InChI is InChI=1S/C8H10N4OS/c1-4-11-8(12-13-4)7(9)6-3-10-5(2)14-6/h3,7H,9H2,1-2H3. The van der Waals surface area contributed by atoms with Crippen LogP contribution in [-0.4, -0.2) is 15.1 Å². The second kappa shape index (κ2) is 3.47. The Labute approximate surface area is 85.0 Å². The third kappa shape index (κ3) is 1.66. The summed E-state index contributed by atoms with van der Waals surface area (Å²) in [7, 11) is 0. The molecule has 74 valence electrons. The molecule has 5 nitrogen and oxygen atoms in total. The third-order valence-corrected chi connectivity index (χ3v) is 2.76. The number of aromatic nitrogens is 3. The molecule has 0 radical (unpaired) electrons. The maximum atomic E-state index is 5.93. The first kappa shape index (κ1) is 9.29. The van der Waals surface area contributed by atoms with E-state index in [0.29, 0.717) is 11.7 Å². The summed E-state index contributed by atoms with van der Waals surface area (Å²) < 4.78 is 4.86. The van der Waals surface area contributed by atoms with E-state index in [0.717, 1.165) is 9.88 Å². The summed E-state index contributed by atoms with van der Waals surface area (Å²) >= 11 is 1.54. The van der Waals surface area contributed by atoms with E-state index < -0.39 is 0 Å². The maximum absolute atomic E-state index is 5.93. The fourth-order valence-electron chi connectivity index (χ4n) is 1.09. The molecule has 1 atom stereocenters. The van der Waals surface area contributed by atoms with Gasteiger partial charge < -0.3 is 10.3 Å². The van der Waals surface area contributed by atoms with Gasteiger partial charge in [0.25, 0.3) is 0 Å². The summed E-state index contributed by atoms with van der Waals surface area (Å²) in [6.07, 6.45) is 1.75. The van der Waals surface area contributed by atoms with Crippen molar-refractivity contribution in [3.8, 4) is 0 Å². The van der Waals surface area contributed by atoms with Crippen LogP contribution in [0.1, 0.15) is 27.6 Å². The smallest absolute Gasteiger partial charge is 0.223 e. The molecule has 6 heteroatoms. The molecule has 2 N–H and O–H groups in total. The van der Waals surface area contributed by atoms with Crippen LogP contribution in [0.25, 0.3) is 0 Å². The van der Waals surface area contributed by atoms with Gasteiger partial charge in [-0.3, -0.25) is 0 Å². The Morgan fingerprint density at radius 2 is 2.29 bits per heavy atom. The van der Waals surface area contributed by atoms with Gasteiger partial charge in [0.05, 0.1) is 5.01 Å². The lowest BCUT2D eigenvalue weighted by molar-refractivity contribution is 0.385. The molecule has 0 aliphatic rings. The Morgan fingerprint density at radius 1 is 1.50 bits per heavy atom. The lowest BCUT2D eigenvalue weighted by atomic mass is 10.3. The quantitative estimate of drug-likeness (QED) is 0.805. The highest BCUT2D eigenvalue weighted by molar-refractivity contribution is 7.11. The fraction of sp³-hybridized carbons (Fsp3) is 0.375. The van der Waals surface area contributed by atoms with Crippen molar-refractivity contribution in [2.75, 3.05) is 0 Å². The van der Waals surface area contributed by atoms with Gasteiger partial charge in [-0.25, -0.2) is 4.98 Å². The molecule has 0 saturated carbocycles. The van der Waals surface area contributed by atoms with E-state index in [1.807, 2.05) is 6.92 Å². The normalized spacial score (nSPS) is 13.1. The van der Waals surface area contributed by atoms with E-state index in [4.69, 9.17) is 10.3 Å². The lowest BCUT2D eigenvalue weighted by Crippen LogP contribution is -2.11. The van der Waals surface area contributed by atoms with Crippen molar-refractivity contribution in [2.24, 2.45) is 5.73 Å². The Balaban J connectivity index is 2.28. The molecule has 2 aromatic rings. The minimum Gasteiger partial charge on any atom is -0.340 e. The first-order chi connectivity index (χ1) is 6.66. The van der Waals surface area contributed by atoms with Gasteiger partial charge in [0.2, 0.25) is 5.89 Å². The average molecular weight is 210 g/mol. The predicted molar refractivity (Wildman–Crippen MR) is 51.9 cm³/mol. The zero-order chi connectivity index (χ0) is 10.1. The van der Waals surface area contributed by atoms with Crippen molar-refractivity contribution in [1.82, 2.24) is 15.1 Å². The van der Waals surface area contributed by atoms with Crippen LogP contribution in [0.2, 0.25) is 0 Å². The summed E-state index contributed by atoms with van der Waals surface area (Å²) in [5.41, 5.74) is 5.93. The minimum absolute atomic E-state index is 0.335. The molecule has 2 rings (SSSR count). The number of thiazole rings is 1. The van der Waals surface area contributed by atoms with E-state index in [9.17, 15) is 0 Å². The number of aryl methyl sites for hydroxylation is 2. The van der Waals surface area contributed by atoms with Crippen LogP contribution >= 0.6 is 11.3 Å². The molecule has 0 saturated heterocycles. The molecule has 2 aromatic heterocycles. The van der Waals surface area contributed by atoms with E-state index in [2.05, 4.69) is 15.1 Å². The SMILES string of the molecule is Cc1nc(C(N)c2cnc(C)s2)no1. The molecule has 0 bridgehead atoms. The Morgan fingerprint density at radius 3 is 2.79 bits per heavy atom. The number of nitrogens with two attached hydrogens (primary N) is 1. The first-order valence-corrected chi connectivity index (χ1v) is 4.96. The minimum atomic E-state index is -0.335. The highest BCUT2D eigenvalue weighted by atomic mass is 32.1. The second-order valence-electron chi connectivity index (χ2n) is 2.93. The largest absolute Gasteiger partial charge is 0.340 e. The molecular formula is C8H10N4OS. The third-order valence-electron chi connectivity index (χ3n) is 1.77. The van der Waals surface area contributed by atoms with Crippen LogP contribution in [0.5, 0.6) is 0 Å². The van der Waals surface area contributed by atoms with Gasteiger partial charge in [-0.2, -0.15) is 4.98 Å². The van der Waals surface area contributed by atoms with E-state index in [-0.39, 0.29) is 6.04 Å². The van der Waals surface area contributed by atoms with Crippen LogP contribution in [0.4, 0.5) is 0 Å². The van der Waals surface area contributed by atoms with Gasteiger partial charge in [0.1, 0.15) is 6.04 Å². The Bertz CT molecular complexity index is 396. The molecule has 0 fully saturated rings. The van der Waals surface area contributed by atoms with E-state index in [1.165, 1.54) is 0 Å². The molecule has 0 aliphatic heterocycles. The van der Waals surface area contributed by atoms with E-state index in [1.54, 1.807) is 24.5 Å². The predicted octanol–water partition coefficient (Wildman–Crippen LogP) is 1.19. The van der Waals surface area contributed by atoms with Crippen LogP contribution in [0, 0.1) is 13.8 Å². The van der Waals surface area contributed by atoms with Gasteiger partial charge in [-0.15, -0.1) is 11.3 Å². The monoisotopic (exact) mass is 210 g/mol. The summed E-state index contributed by atoms with van der Waals surface area (Å²) in [4.78, 5) is 9.14. The van der Waals surface area contributed by atoms with Crippen molar-refractivity contribution in [2.45, 2.75) is 19.9 Å². The highest BCUT2D eigenvalue weighted by Gasteiger charge is 2.16. The summed E-state index contributed by atoms with van der Waals surface area (Å²) in [5.74, 6) is 1.03. The van der Waals surface area contributed by atoms with Gasteiger partial charge in [0, 0.05) is 18.0 Å². The molecule has 0 spiro atoms. The highest BCUT2D eigenvalue weighted by Crippen LogP contribution is 2.22. The molecule has 0 amide bonds. The lowest BCUT2D eigenvalue weighted by Gasteiger charge is -2.00. The first-order valence-electron chi connectivity index (χ1n) is 4.15. The number of hydrogen-bond acceptors (Lipinski definition) is 6.